The predicted molar refractivity (Wildman–Crippen MR) is 84.5 cm³/mol. The summed E-state index contributed by atoms with van der Waals surface area (Å²) in [6.07, 6.45) is 5.71. The molecule has 1 aromatic rings. The van der Waals surface area contributed by atoms with Crippen LogP contribution >= 0.6 is 15.9 Å². The lowest BCUT2D eigenvalue weighted by molar-refractivity contribution is 0.325. The standard InChI is InChI=1S/C15H24BrN3/c1-15(2)5-4-7-19(8-6-15)14-12(10-17-3)9-13(16)11-18-14/h9,11,17H,4-8,10H2,1-3H3. The molecule has 2 rings (SSSR count). The first-order chi connectivity index (χ1) is 9.02. The zero-order chi connectivity index (χ0) is 13.9. The Hall–Kier alpha value is -0.610. The van der Waals surface area contributed by atoms with Gasteiger partial charge >= 0.3 is 0 Å². The van der Waals surface area contributed by atoms with Crippen molar-refractivity contribution in [2.45, 2.75) is 39.7 Å². The van der Waals surface area contributed by atoms with Gasteiger partial charge in [-0.15, -0.1) is 0 Å². The van der Waals surface area contributed by atoms with Crippen LogP contribution in [0.1, 0.15) is 38.7 Å². The molecule has 0 spiro atoms. The van der Waals surface area contributed by atoms with Crippen molar-refractivity contribution in [2.24, 2.45) is 5.41 Å². The Morgan fingerprint density at radius 1 is 1.37 bits per heavy atom. The molecule has 1 fully saturated rings. The maximum Gasteiger partial charge on any atom is 0.133 e. The first kappa shape index (κ1) is 14.8. The molecule has 1 aliphatic heterocycles. The summed E-state index contributed by atoms with van der Waals surface area (Å²) in [5.74, 6) is 1.15. The third kappa shape index (κ3) is 3.93. The van der Waals surface area contributed by atoms with E-state index in [9.17, 15) is 0 Å². The lowest BCUT2D eigenvalue weighted by Gasteiger charge is -2.26. The quantitative estimate of drug-likeness (QED) is 0.920. The highest BCUT2D eigenvalue weighted by molar-refractivity contribution is 9.10. The van der Waals surface area contributed by atoms with Crippen LogP contribution in [0.15, 0.2) is 16.7 Å². The molecule has 0 aromatic carbocycles. The van der Waals surface area contributed by atoms with Crippen molar-refractivity contribution < 1.29 is 0 Å². The number of nitrogens with zero attached hydrogens (tertiary/aromatic N) is 2. The van der Waals surface area contributed by atoms with E-state index >= 15 is 0 Å². The van der Waals surface area contributed by atoms with Gasteiger partial charge in [0.25, 0.3) is 0 Å². The third-order valence-electron chi connectivity index (χ3n) is 3.92. The first-order valence-electron chi connectivity index (χ1n) is 7.06. The fourth-order valence-electron chi connectivity index (χ4n) is 2.71. The zero-order valence-electron chi connectivity index (χ0n) is 12.2. The molecule has 0 bridgehead atoms. The Morgan fingerprint density at radius 3 is 2.89 bits per heavy atom. The van der Waals surface area contributed by atoms with E-state index in [-0.39, 0.29) is 0 Å². The van der Waals surface area contributed by atoms with E-state index in [4.69, 9.17) is 0 Å². The largest absolute Gasteiger partial charge is 0.356 e. The van der Waals surface area contributed by atoms with Crippen molar-refractivity contribution in [1.82, 2.24) is 10.3 Å². The first-order valence-corrected chi connectivity index (χ1v) is 7.85. The number of hydrogen-bond acceptors (Lipinski definition) is 3. The van der Waals surface area contributed by atoms with Gasteiger partial charge in [-0.2, -0.15) is 0 Å². The number of hydrogen-bond donors (Lipinski definition) is 1. The van der Waals surface area contributed by atoms with E-state index < -0.39 is 0 Å². The van der Waals surface area contributed by atoms with Gasteiger partial charge in [-0.25, -0.2) is 4.98 Å². The van der Waals surface area contributed by atoms with Gasteiger partial charge in [-0.1, -0.05) is 13.8 Å². The Kier molecular flexibility index (Phi) is 4.85. The van der Waals surface area contributed by atoms with Crippen LogP contribution in [0.3, 0.4) is 0 Å². The third-order valence-corrected chi connectivity index (χ3v) is 4.35. The van der Waals surface area contributed by atoms with Crippen LogP contribution in [0.4, 0.5) is 5.82 Å². The van der Waals surface area contributed by atoms with Crippen LogP contribution in [-0.4, -0.2) is 25.1 Å². The Bertz CT molecular complexity index is 431. The van der Waals surface area contributed by atoms with E-state index in [2.05, 4.69) is 51.0 Å². The molecule has 0 saturated carbocycles. The minimum absolute atomic E-state index is 0.466. The summed E-state index contributed by atoms with van der Waals surface area (Å²) in [4.78, 5) is 7.10. The van der Waals surface area contributed by atoms with Gasteiger partial charge in [-0.05, 0) is 53.7 Å². The summed E-state index contributed by atoms with van der Waals surface area (Å²) in [5, 5.41) is 3.24. The van der Waals surface area contributed by atoms with Gasteiger partial charge in [0.1, 0.15) is 5.82 Å². The molecule has 0 radical (unpaired) electrons. The van der Waals surface area contributed by atoms with E-state index in [0.29, 0.717) is 5.41 Å². The van der Waals surface area contributed by atoms with Crippen LogP contribution in [0.25, 0.3) is 0 Å². The molecule has 1 N–H and O–H groups in total. The number of halogens is 1. The number of pyridine rings is 1. The molecule has 0 atom stereocenters. The molecular weight excluding hydrogens is 302 g/mol. The zero-order valence-corrected chi connectivity index (χ0v) is 13.8. The number of rotatable bonds is 3. The highest BCUT2D eigenvalue weighted by atomic mass is 79.9. The Balaban J connectivity index is 2.21. The van der Waals surface area contributed by atoms with Crippen molar-refractivity contribution in [3.63, 3.8) is 0 Å². The van der Waals surface area contributed by atoms with Crippen LogP contribution in [-0.2, 0) is 6.54 Å². The van der Waals surface area contributed by atoms with Gasteiger partial charge < -0.3 is 10.2 Å². The molecule has 1 aromatic heterocycles. The van der Waals surface area contributed by atoms with E-state index in [0.717, 1.165) is 29.9 Å². The van der Waals surface area contributed by atoms with Crippen molar-refractivity contribution in [3.05, 3.63) is 22.3 Å². The summed E-state index contributed by atoms with van der Waals surface area (Å²) in [6.45, 7) is 7.84. The molecule has 106 valence electrons. The average molecular weight is 326 g/mol. The fourth-order valence-corrected chi connectivity index (χ4v) is 3.09. The molecular formula is C15H24BrN3. The second-order valence-electron chi connectivity index (χ2n) is 6.17. The SMILES string of the molecule is CNCc1cc(Br)cnc1N1CCCC(C)(C)CC1. The average Bonchev–Trinajstić information content (AvgIpc) is 2.51. The van der Waals surface area contributed by atoms with E-state index in [1.54, 1.807) is 0 Å². The van der Waals surface area contributed by atoms with Crippen molar-refractivity contribution >= 4 is 21.7 Å². The lowest BCUT2D eigenvalue weighted by Crippen LogP contribution is -2.27. The molecule has 0 aliphatic carbocycles. The summed E-state index contributed by atoms with van der Waals surface area (Å²) in [7, 11) is 1.98. The lowest BCUT2D eigenvalue weighted by atomic mass is 9.85. The number of aromatic nitrogens is 1. The Labute approximate surface area is 124 Å². The molecule has 2 heterocycles. The number of nitrogens with one attached hydrogen (secondary N) is 1. The number of anilines is 1. The van der Waals surface area contributed by atoms with Gasteiger partial charge in [-0.3, -0.25) is 0 Å². The van der Waals surface area contributed by atoms with Gasteiger partial charge in [0.05, 0.1) is 0 Å². The molecule has 0 unspecified atom stereocenters. The normalized spacial score (nSPS) is 19.3. The molecule has 19 heavy (non-hydrogen) atoms. The summed E-state index contributed by atoms with van der Waals surface area (Å²) < 4.78 is 1.05. The molecule has 1 saturated heterocycles. The topological polar surface area (TPSA) is 28.2 Å². The smallest absolute Gasteiger partial charge is 0.133 e. The van der Waals surface area contributed by atoms with Crippen molar-refractivity contribution in [1.29, 1.82) is 0 Å². The van der Waals surface area contributed by atoms with E-state index in [1.165, 1.54) is 24.8 Å². The minimum Gasteiger partial charge on any atom is -0.356 e. The van der Waals surface area contributed by atoms with Gasteiger partial charge in [0.2, 0.25) is 0 Å². The fraction of sp³-hybridized carbons (Fsp3) is 0.667. The van der Waals surface area contributed by atoms with E-state index in [1.807, 2.05) is 13.2 Å². The highest BCUT2D eigenvalue weighted by Crippen LogP contribution is 2.32. The summed E-state index contributed by atoms with van der Waals surface area (Å²) in [6, 6.07) is 2.18. The second kappa shape index (κ2) is 6.23. The van der Waals surface area contributed by atoms with Crippen LogP contribution < -0.4 is 10.2 Å². The monoisotopic (exact) mass is 325 g/mol. The van der Waals surface area contributed by atoms with Crippen LogP contribution in [0, 0.1) is 5.41 Å². The van der Waals surface area contributed by atoms with Crippen LogP contribution in [0.5, 0.6) is 0 Å². The van der Waals surface area contributed by atoms with Gasteiger partial charge in [0.15, 0.2) is 0 Å². The second-order valence-corrected chi connectivity index (χ2v) is 7.09. The molecule has 3 nitrogen and oxygen atoms in total. The molecule has 0 amide bonds. The van der Waals surface area contributed by atoms with Crippen molar-refractivity contribution in [3.8, 4) is 0 Å². The van der Waals surface area contributed by atoms with Gasteiger partial charge in [0, 0.05) is 35.9 Å². The van der Waals surface area contributed by atoms with Crippen molar-refractivity contribution in [2.75, 3.05) is 25.0 Å². The maximum atomic E-state index is 4.65. The summed E-state index contributed by atoms with van der Waals surface area (Å²) >= 11 is 3.52. The molecule has 1 aliphatic rings. The maximum absolute atomic E-state index is 4.65. The van der Waals surface area contributed by atoms with Crippen LogP contribution in [0.2, 0.25) is 0 Å². The summed E-state index contributed by atoms with van der Waals surface area (Å²) in [5.41, 5.74) is 1.74. The molecule has 4 heteroatoms. The Morgan fingerprint density at radius 2 is 2.16 bits per heavy atom. The minimum atomic E-state index is 0.466. The highest BCUT2D eigenvalue weighted by Gasteiger charge is 2.24. The predicted octanol–water partition coefficient (Wildman–Crippen LogP) is 3.58.